The van der Waals surface area contributed by atoms with E-state index < -0.39 is 0 Å². The molecule has 0 saturated heterocycles. The monoisotopic (exact) mass is 287 g/mol. The van der Waals surface area contributed by atoms with Gasteiger partial charge in [-0.2, -0.15) is 0 Å². The third kappa shape index (κ3) is 4.50. The van der Waals surface area contributed by atoms with Crippen LogP contribution in [0.25, 0.3) is 0 Å². The summed E-state index contributed by atoms with van der Waals surface area (Å²) in [6.45, 7) is 0.733. The smallest absolute Gasteiger partial charge is 0.278 e. The van der Waals surface area contributed by atoms with Crippen LogP contribution >= 0.6 is 0 Å². The molecule has 0 spiro atoms. The quantitative estimate of drug-likeness (QED) is 0.627. The second-order valence-corrected chi connectivity index (χ2v) is 4.14. The predicted molar refractivity (Wildman–Crippen MR) is 78.3 cm³/mol. The molecule has 2 aromatic rings. The van der Waals surface area contributed by atoms with Crippen LogP contribution in [0.2, 0.25) is 0 Å². The van der Waals surface area contributed by atoms with Gasteiger partial charge in [-0.05, 0) is 24.3 Å². The van der Waals surface area contributed by atoms with Gasteiger partial charge < -0.3 is 9.47 Å². The van der Waals surface area contributed by atoms with Crippen LogP contribution in [0.4, 0.5) is 0 Å². The van der Waals surface area contributed by atoms with Gasteiger partial charge in [-0.3, -0.25) is 9.63 Å². The highest BCUT2D eigenvalue weighted by Crippen LogP contribution is 2.17. The van der Waals surface area contributed by atoms with E-state index in [0.29, 0.717) is 24.5 Å². The Hall–Kier alpha value is -2.53. The van der Waals surface area contributed by atoms with Gasteiger partial charge in [-0.15, -0.1) is 0 Å². The highest BCUT2D eigenvalue weighted by molar-refractivity contribution is 5.96. The number of carbonyl (C=O) groups excluding carboxylic acids is 1. The maximum Gasteiger partial charge on any atom is 0.278 e. The standard InChI is InChI=1S/C16H17NO4/c1-19-17-16(18)14-9-5-6-10-15(14)21-12-11-20-13-7-3-2-4-8-13/h2-10H,11-12H2,1H3,(H,17,18). The number of carbonyl (C=O) groups is 1. The number of nitrogens with one attached hydrogen (secondary N) is 1. The number of hydroxylamine groups is 1. The molecule has 0 bridgehead atoms. The van der Waals surface area contributed by atoms with Gasteiger partial charge in [0, 0.05) is 0 Å². The van der Waals surface area contributed by atoms with E-state index in [1.807, 2.05) is 30.3 Å². The number of amides is 1. The normalized spacial score (nSPS) is 9.95. The molecule has 0 radical (unpaired) electrons. The Balaban J connectivity index is 1.87. The van der Waals surface area contributed by atoms with E-state index in [-0.39, 0.29) is 5.91 Å². The number of benzene rings is 2. The number of rotatable bonds is 7. The van der Waals surface area contributed by atoms with Gasteiger partial charge in [0.1, 0.15) is 24.7 Å². The summed E-state index contributed by atoms with van der Waals surface area (Å²) in [6, 6.07) is 16.4. The number of para-hydroxylation sites is 2. The minimum absolute atomic E-state index is 0.339. The highest BCUT2D eigenvalue weighted by Gasteiger charge is 2.11. The molecule has 0 saturated carbocycles. The SMILES string of the molecule is CONC(=O)c1ccccc1OCCOc1ccccc1. The molecule has 0 atom stereocenters. The molecule has 110 valence electrons. The van der Waals surface area contributed by atoms with Crippen LogP contribution in [-0.2, 0) is 4.84 Å². The second kappa shape index (κ2) is 7.91. The molecule has 5 nitrogen and oxygen atoms in total. The van der Waals surface area contributed by atoms with Crippen molar-refractivity contribution in [2.75, 3.05) is 20.3 Å². The Kier molecular flexibility index (Phi) is 5.60. The molecule has 0 aromatic heterocycles. The average molecular weight is 287 g/mol. The molecule has 0 fully saturated rings. The van der Waals surface area contributed by atoms with Crippen molar-refractivity contribution in [1.29, 1.82) is 0 Å². The second-order valence-electron chi connectivity index (χ2n) is 4.14. The van der Waals surface area contributed by atoms with Gasteiger partial charge in [0.25, 0.3) is 5.91 Å². The van der Waals surface area contributed by atoms with Crippen molar-refractivity contribution in [3.63, 3.8) is 0 Å². The minimum Gasteiger partial charge on any atom is -0.490 e. The summed E-state index contributed by atoms with van der Waals surface area (Å²) in [5.74, 6) is 0.923. The number of ether oxygens (including phenoxy) is 2. The van der Waals surface area contributed by atoms with Crippen LogP contribution in [0.1, 0.15) is 10.4 Å². The van der Waals surface area contributed by atoms with Crippen LogP contribution in [0.3, 0.4) is 0 Å². The zero-order valence-corrected chi connectivity index (χ0v) is 11.7. The summed E-state index contributed by atoms with van der Waals surface area (Å²) in [5.41, 5.74) is 2.68. The number of hydrogen-bond acceptors (Lipinski definition) is 4. The minimum atomic E-state index is -0.350. The summed E-state index contributed by atoms with van der Waals surface area (Å²) in [6.07, 6.45) is 0. The van der Waals surface area contributed by atoms with E-state index in [1.54, 1.807) is 24.3 Å². The van der Waals surface area contributed by atoms with Gasteiger partial charge in [0.15, 0.2) is 0 Å². The van der Waals surface area contributed by atoms with Crippen molar-refractivity contribution in [2.45, 2.75) is 0 Å². The molecule has 0 heterocycles. The molecular formula is C16H17NO4. The Morgan fingerprint density at radius 1 is 0.952 bits per heavy atom. The summed E-state index contributed by atoms with van der Waals surface area (Å²) in [5, 5.41) is 0. The third-order valence-corrected chi connectivity index (χ3v) is 2.68. The largest absolute Gasteiger partial charge is 0.490 e. The summed E-state index contributed by atoms with van der Waals surface area (Å²) < 4.78 is 11.1. The first kappa shape index (κ1) is 14.9. The summed E-state index contributed by atoms with van der Waals surface area (Å²) in [4.78, 5) is 16.4. The molecule has 0 aliphatic rings. The molecule has 1 N–H and O–H groups in total. The lowest BCUT2D eigenvalue weighted by atomic mass is 10.2. The van der Waals surface area contributed by atoms with E-state index in [9.17, 15) is 4.79 Å². The molecule has 2 aromatic carbocycles. The lowest BCUT2D eigenvalue weighted by Gasteiger charge is -2.11. The topological polar surface area (TPSA) is 56.8 Å². The van der Waals surface area contributed by atoms with Gasteiger partial charge in [-0.25, -0.2) is 5.48 Å². The molecule has 1 amide bonds. The van der Waals surface area contributed by atoms with E-state index in [0.717, 1.165) is 5.75 Å². The van der Waals surface area contributed by atoms with Gasteiger partial charge >= 0.3 is 0 Å². The van der Waals surface area contributed by atoms with Crippen LogP contribution in [0.15, 0.2) is 54.6 Å². The average Bonchev–Trinajstić information content (AvgIpc) is 2.53. The fourth-order valence-corrected chi connectivity index (χ4v) is 1.76. The molecule has 2 rings (SSSR count). The van der Waals surface area contributed by atoms with Crippen molar-refractivity contribution in [2.24, 2.45) is 0 Å². The van der Waals surface area contributed by atoms with E-state index in [4.69, 9.17) is 9.47 Å². The number of hydrogen-bond donors (Lipinski definition) is 1. The molecule has 0 unspecified atom stereocenters. The lowest BCUT2D eigenvalue weighted by molar-refractivity contribution is 0.0533. The fourth-order valence-electron chi connectivity index (χ4n) is 1.76. The van der Waals surface area contributed by atoms with Crippen molar-refractivity contribution in [1.82, 2.24) is 5.48 Å². The maximum absolute atomic E-state index is 11.8. The first-order valence-corrected chi connectivity index (χ1v) is 6.54. The Bertz CT molecular complexity index is 571. The van der Waals surface area contributed by atoms with Crippen molar-refractivity contribution < 1.29 is 19.1 Å². The molecule has 21 heavy (non-hydrogen) atoms. The third-order valence-electron chi connectivity index (χ3n) is 2.68. The summed E-state index contributed by atoms with van der Waals surface area (Å²) >= 11 is 0. The molecule has 0 aliphatic heterocycles. The van der Waals surface area contributed by atoms with Crippen LogP contribution in [-0.4, -0.2) is 26.2 Å². The first-order valence-electron chi connectivity index (χ1n) is 6.54. The van der Waals surface area contributed by atoms with Gasteiger partial charge in [-0.1, -0.05) is 30.3 Å². The predicted octanol–water partition coefficient (Wildman–Crippen LogP) is 2.44. The fraction of sp³-hybridized carbons (Fsp3) is 0.188. The van der Waals surface area contributed by atoms with E-state index in [1.165, 1.54) is 7.11 Å². The van der Waals surface area contributed by atoms with Gasteiger partial charge in [0.2, 0.25) is 0 Å². The zero-order chi connectivity index (χ0) is 14.9. The van der Waals surface area contributed by atoms with E-state index in [2.05, 4.69) is 10.3 Å². The van der Waals surface area contributed by atoms with Crippen molar-refractivity contribution in [3.8, 4) is 11.5 Å². The van der Waals surface area contributed by atoms with E-state index >= 15 is 0 Å². The lowest BCUT2D eigenvalue weighted by Crippen LogP contribution is -2.23. The van der Waals surface area contributed by atoms with Crippen molar-refractivity contribution >= 4 is 5.91 Å². The Labute approximate surface area is 123 Å². The van der Waals surface area contributed by atoms with Crippen LogP contribution < -0.4 is 15.0 Å². The highest BCUT2D eigenvalue weighted by atomic mass is 16.6. The molecule has 0 aliphatic carbocycles. The van der Waals surface area contributed by atoms with Gasteiger partial charge in [0.05, 0.1) is 12.7 Å². The Morgan fingerprint density at radius 2 is 1.62 bits per heavy atom. The first-order chi connectivity index (χ1) is 10.3. The maximum atomic E-state index is 11.8. The summed E-state index contributed by atoms with van der Waals surface area (Å²) in [7, 11) is 1.38. The van der Waals surface area contributed by atoms with Crippen molar-refractivity contribution in [3.05, 3.63) is 60.2 Å². The zero-order valence-electron chi connectivity index (χ0n) is 11.7. The van der Waals surface area contributed by atoms with Crippen LogP contribution in [0, 0.1) is 0 Å². The Morgan fingerprint density at radius 3 is 2.38 bits per heavy atom. The molecule has 5 heteroatoms. The molecular weight excluding hydrogens is 270 g/mol. The van der Waals surface area contributed by atoms with Crippen LogP contribution in [0.5, 0.6) is 11.5 Å².